The zero-order valence-electron chi connectivity index (χ0n) is 8.84. The van der Waals surface area contributed by atoms with E-state index in [1.807, 2.05) is 6.92 Å². The van der Waals surface area contributed by atoms with Gasteiger partial charge in [0.05, 0.1) is 6.04 Å². The standard InChI is InChI=1S/C10H20N2O/c1-4-11-10(13)9-6-5-7-12(9)8(2)3/h8-9H,4-7H2,1-3H3,(H,11,13). The van der Waals surface area contributed by atoms with Crippen LogP contribution in [-0.4, -0.2) is 36.0 Å². The molecule has 0 saturated carbocycles. The van der Waals surface area contributed by atoms with Crippen molar-refractivity contribution in [1.82, 2.24) is 10.2 Å². The van der Waals surface area contributed by atoms with Gasteiger partial charge in [0.1, 0.15) is 0 Å². The zero-order valence-corrected chi connectivity index (χ0v) is 8.84. The molecule has 1 unspecified atom stereocenters. The molecule has 1 N–H and O–H groups in total. The molecule has 3 heteroatoms. The third kappa shape index (κ3) is 2.44. The molecule has 3 nitrogen and oxygen atoms in total. The number of nitrogens with one attached hydrogen (secondary N) is 1. The highest BCUT2D eigenvalue weighted by Gasteiger charge is 2.31. The molecule has 1 aliphatic rings. The van der Waals surface area contributed by atoms with Gasteiger partial charge in [0.2, 0.25) is 5.91 Å². The van der Waals surface area contributed by atoms with Crippen LogP contribution in [0.1, 0.15) is 33.6 Å². The molecular weight excluding hydrogens is 164 g/mol. The molecule has 0 aliphatic carbocycles. The number of hydrogen-bond acceptors (Lipinski definition) is 2. The molecule has 0 aromatic carbocycles. The summed E-state index contributed by atoms with van der Waals surface area (Å²) >= 11 is 0. The summed E-state index contributed by atoms with van der Waals surface area (Å²) in [5, 5.41) is 2.89. The zero-order chi connectivity index (χ0) is 9.84. The van der Waals surface area contributed by atoms with Crippen LogP contribution in [0.15, 0.2) is 0 Å². The van der Waals surface area contributed by atoms with Crippen LogP contribution in [-0.2, 0) is 4.79 Å². The fourth-order valence-corrected chi connectivity index (χ4v) is 1.98. The van der Waals surface area contributed by atoms with Gasteiger partial charge in [0, 0.05) is 12.6 Å². The lowest BCUT2D eigenvalue weighted by Crippen LogP contribution is -2.45. The molecule has 1 rings (SSSR count). The van der Waals surface area contributed by atoms with Crippen LogP contribution >= 0.6 is 0 Å². The highest BCUT2D eigenvalue weighted by Crippen LogP contribution is 2.19. The summed E-state index contributed by atoms with van der Waals surface area (Å²) in [6, 6.07) is 0.607. The predicted molar refractivity (Wildman–Crippen MR) is 53.5 cm³/mol. The molecule has 13 heavy (non-hydrogen) atoms. The predicted octanol–water partition coefficient (Wildman–Crippen LogP) is 0.995. The van der Waals surface area contributed by atoms with E-state index in [0.717, 1.165) is 25.9 Å². The lowest BCUT2D eigenvalue weighted by atomic mass is 10.2. The maximum atomic E-state index is 11.6. The average molecular weight is 184 g/mol. The van der Waals surface area contributed by atoms with E-state index in [1.54, 1.807) is 0 Å². The van der Waals surface area contributed by atoms with Crippen LogP contribution in [0.5, 0.6) is 0 Å². The Bertz CT molecular complexity index is 180. The van der Waals surface area contributed by atoms with E-state index in [-0.39, 0.29) is 11.9 Å². The molecule has 1 heterocycles. The Labute approximate surface area is 80.5 Å². The molecule has 0 radical (unpaired) electrons. The fourth-order valence-electron chi connectivity index (χ4n) is 1.98. The molecule has 1 saturated heterocycles. The van der Waals surface area contributed by atoms with Gasteiger partial charge in [-0.2, -0.15) is 0 Å². The first-order chi connectivity index (χ1) is 6.16. The maximum Gasteiger partial charge on any atom is 0.237 e. The number of carbonyl (C=O) groups excluding carboxylic acids is 1. The minimum atomic E-state index is 0.125. The minimum Gasteiger partial charge on any atom is -0.355 e. The Kier molecular flexibility index (Phi) is 3.72. The van der Waals surface area contributed by atoms with Crippen molar-refractivity contribution in [3.8, 4) is 0 Å². The van der Waals surface area contributed by atoms with Crippen molar-refractivity contribution in [2.75, 3.05) is 13.1 Å². The van der Waals surface area contributed by atoms with Crippen molar-refractivity contribution in [2.24, 2.45) is 0 Å². The van der Waals surface area contributed by atoms with Gasteiger partial charge >= 0.3 is 0 Å². The average Bonchev–Trinajstić information content (AvgIpc) is 2.52. The molecular formula is C10H20N2O. The van der Waals surface area contributed by atoms with Crippen LogP contribution in [0.2, 0.25) is 0 Å². The second-order valence-corrected chi connectivity index (χ2v) is 3.88. The summed E-state index contributed by atoms with van der Waals surface area (Å²) in [5.41, 5.74) is 0. The van der Waals surface area contributed by atoms with Crippen LogP contribution in [0.25, 0.3) is 0 Å². The Balaban J connectivity index is 2.52. The van der Waals surface area contributed by atoms with Crippen molar-refractivity contribution in [3.63, 3.8) is 0 Å². The van der Waals surface area contributed by atoms with Crippen LogP contribution in [0, 0.1) is 0 Å². The van der Waals surface area contributed by atoms with E-state index in [2.05, 4.69) is 24.1 Å². The normalized spacial score (nSPS) is 23.8. The van der Waals surface area contributed by atoms with Crippen molar-refractivity contribution >= 4 is 5.91 Å². The van der Waals surface area contributed by atoms with Gasteiger partial charge in [-0.25, -0.2) is 0 Å². The number of hydrogen-bond donors (Lipinski definition) is 1. The number of likely N-dealkylation sites (N-methyl/N-ethyl adjacent to an activating group) is 1. The maximum absolute atomic E-state index is 11.6. The molecule has 1 aliphatic heterocycles. The first kappa shape index (κ1) is 10.5. The monoisotopic (exact) mass is 184 g/mol. The molecule has 1 fully saturated rings. The van der Waals surface area contributed by atoms with E-state index in [1.165, 1.54) is 0 Å². The first-order valence-electron chi connectivity index (χ1n) is 5.20. The molecule has 0 aromatic heterocycles. The molecule has 76 valence electrons. The van der Waals surface area contributed by atoms with Crippen LogP contribution in [0.3, 0.4) is 0 Å². The van der Waals surface area contributed by atoms with E-state index in [9.17, 15) is 4.79 Å². The Morgan fingerprint density at radius 3 is 2.85 bits per heavy atom. The van der Waals surface area contributed by atoms with Gasteiger partial charge in [-0.3, -0.25) is 9.69 Å². The molecule has 1 atom stereocenters. The summed E-state index contributed by atoms with van der Waals surface area (Å²) < 4.78 is 0. The smallest absolute Gasteiger partial charge is 0.237 e. The van der Waals surface area contributed by atoms with Gasteiger partial charge < -0.3 is 5.32 Å². The topological polar surface area (TPSA) is 32.3 Å². The van der Waals surface area contributed by atoms with Crippen molar-refractivity contribution in [2.45, 2.75) is 45.7 Å². The lowest BCUT2D eigenvalue weighted by molar-refractivity contribution is -0.125. The summed E-state index contributed by atoms with van der Waals surface area (Å²) in [6.45, 7) is 8.07. The third-order valence-corrected chi connectivity index (χ3v) is 2.61. The summed E-state index contributed by atoms with van der Waals surface area (Å²) in [7, 11) is 0. The Morgan fingerprint density at radius 1 is 1.62 bits per heavy atom. The lowest BCUT2D eigenvalue weighted by Gasteiger charge is -2.27. The van der Waals surface area contributed by atoms with E-state index in [0.29, 0.717) is 6.04 Å². The van der Waals surface area contributed by atoms with E-state index in [4.69, 9.17) is 0 Å². The summed E-state index contributed by atoms with van der Waals surface area (Å²) in [4.78, 5) is 13.9. The van der Waals surface area contributed by atoms with Crippen molar-refractivity contribution in [3.05, 3.63) is 0 Å². The second-order valence-electron chi connectivity index (χ2n) is 3.88. The van der Waals surface area contributed by atoms with E-state index < -0.39 is 0 Å². The number of likely N-dealkylation sites (tertiary alicyclic amines) is 1. The van der Waals surface area contributed by atoms with Crippen LogP contribution in [0.4, 0.5) is 0 Å². The first-order valence-corrected chi connectivity index (χ1v) is 5.20. The van der Waals surface area contributed by atoms with Gasteiger partial charge in [-0.05, 0) is 40.2 Å². The highest BCUT2D eigenvalue weighted by atomic mass is 16.2. The number of nitrogens with zero attached hydrogens (tertiary/aromatic N) is 1. The number of carbonyl (C=O) groups is 1. The highest BCUT2D eigenvalue weighted by molar-refractivity contribution is 5.82. The van der Waals surface area contributed by atoms with Crippen LogP contribution < -0.4 is 5.32 Å². The third-order valence-electron chi connectivity index (χ3n) is 2.61. The largest absolute Gasteiger partial charge is 0.355 e. The molecule has 1 amide bonds. The quantitative estimate of drug-likeness (QED) is 0.709. The molecule has 0 spiro atoms. The van der Waals surface area contributed by atoms with Gasteiger partial charge in [-0.1, -0.05) is 0 Å². The fraction of sp³-hybridized carbons (Fsp3) is 0.900. The summed E-state index contributed by atoms with van der Waals surface area (Å²) in [5.74, 6) is 0.203. The van der Waals surface area contributed by atoms with Gasteiger partial charge in [0.25, 0.3) is 0 Å². The van der Waals surface area contributed by atoms with E-state index >= 15 is 0 Å². The second kappa shape index (κ2) is 4.61. The van der Waals surface area contributed by atoms with Gasteiger partial charge in [0.15, 0.2) is 0 Å². The van der Waals surface area contributed by atoms with Crippen molar-refractivity contribution < 1.29 is 4.79 Å². The SMILES string of the molecule is CCNC(=O)C1CCCN1C(C)C. The Hall–Kier alpha value is -0.570. The number of rotatable bonds is 3. The van der Waals surface area contributed by atoms with Gasteiger partial charge in [-0.15, -0.1) is 0 Å². The molecule has 0 bridgehead atoms. The molecule has 0 aromatic rings. The Morgan fingerprint density at radius 2 is 2.31 bits per heavy atom. The van der Waals surface area contributed by atoms with Crippen molar-refractivity contribution in [1.29, 1.82) is 0 Å². The number of amides is 1. The minimum absolute atomic E-state index is 0.125. The summed E-state index contributed by atoms with van der Waals surface area (Å²) in [6.07, 6.45) is 2.17.